The van der Waals surface area contributed by atoms with Gasteiger partial charge in [0.1, 0.15) is 0 Å². The normalized spacial score (nSPS) is 12.4. The highest BCUT2D eigenvalue weighted by Crippen LogP contribution is 2.23. The Morgan fingerprint density at radius 2 is 1.95 bits per heavy atom. The van der Waals surface area contributed by atoms with Crippen LogP contribution in [0.3, 0.4) is 0 Å². The van der Waals surface area contributed by atoms with E-state index in [2.05, 4.69) is 15.9 Å². The molecule has 100 valence electrons. The van der Waals surface area contributed by atoms with Gasteiger partial charge in [-0.25, -0.2) is 0 Å². The summed E-state index contributed by atoms with van der Waals surface area (Å²) in [7, 11) is 0. The molecule has 1 unspecified atom stereocenters. The van der Waals surface area contributed by atoms with Crippen LogP contribution in [0.4, 0.5) is 0 Å². The highest BCUT2D eigenvalue weighted by molar-refractivity contribution is 9.10. The van der Waals surface area contributed by atoms with Gasteiger partial charge < -0.3 is 10.5 Å². The molecule has 0 aliphatic rings. The molecule has 0 radical (unpaired) electrons. The van der Waals surface area contributed by atoms with E-state index in [4.69, 9.17) is 22.1 Å². The average molecular weight is 341 g/mol. The van der Waals surface area contributed by atoms with Gasteiger partial charge >= 0.3 is 0 Å². The first-order chi connectivity index (χ1) is 9.20. The molecule has 0 aliphatic heterocycles. The van der Waals surface area contributed by atoms with Crippen LogP contribution in [-0.2, 0) is 11.3 Å². The molecule has 0 heterocycles. The summed E-state index contributed by atoms with van der Waals surface area (Å²) in [6, 6.07) is 15.6. The molecular weight excluding hydrogens is 326 g/mol. The molecule has 0 amide bonds. The van der Waals surface area contributed by atoms with Gasteiger partial charge in [-0.2, -0.15) is 0 Å². The van der Waals surface area contributed by atoms with Gasteiger partial charge in [0.15, 0.2) is 0 Å². The second-order valence-electron chi connectivity index (χ2n) is 4.18. The van der Waals surface area contributed by atoms with E-state index in [-0.39, 0.29) is 6.10 Å². The van der Waals surface area contributed by atoms with Gasteiger partial charge in [-0.15, -0.1) is 0 Å². The van der Waals surface area contributed by atoms with Crippen molar-refractivity contribution in [1.29, 1.82) is 0 Å². The molecule has 2 nitrogen and oxygen atoms in total. The van der Waals surface area contributed by atoms with Crippen LogP contribution in [0.5, 0.6) is 0 Å². The van der Waals surface area contributed by atoms with Gasteiger partial charge in [0.2, 0.25) is 0 Å². The Hall–Kier alpha value is -0.870. The van der Waals surface area contributed by atoms with Crippen molar-refractivity contribution in [2.75, 3.05) is 6.54 Å². The third-order valence-electron chi connectivity index (χ3n) is 2.83. The van der Waals surface area contributed by atoms with Crippen molar-refractivity contribution in [2.24, 2.45) is 5.73 Å². The number of hydrogen-bond donors (Lipinski definition) is 1. The standard InChI is InChI=1S/C15H15BrClNO/c16-13-6-3-5-11(8-13)15(9-18)19-10-12-4-1-2-7-14(12)17/h1-8,15H,9-10,18H2. The molecule has 0 spiro atoms. The lowest BCUT2D eigenvalue weighted by atomic mass is 10.1. The highest BCUT2D eigenvalue weighted by atomic mass is 79.9. The van der Waals surface area contributed by atoms with E-state index >= 15 is 0 Å². The largest absolute Gasteiger partial charge is 0.367 e. The molecule has 1 atom stereocenters. The van der Waals surface area contributed by atoms with Crippen molar-refractivity contribution in [3.63, 3.8) is 0 Å². The van der Waals surface area contributed by atoms with Crippen LogP contribution < -0.4 is 5.73 Å². The van der Waals surface area contributed by atoms with Gasteiger partial charge in [-0.1, -0.05) is 57.9 Å². The Bertz CT molecular complexity index is 547. The Balaban J connectivity index is 2.06. The van der Waals surface area contributed by atoms with Gasteiger partial charge in [-0.05, 0) is 29.3 Å². The van der Waals surface area contributed by atoms with E-state index in [0.717, 1.165) is 15.6 Å². The van der Waals surface area contributed by atoms with Crippen LogP contribution >= 0.6 is 27.5 Å². The topological polar surface area (TPSA) is 35.2 Å². The van der Waals surface area contributed by atoms with Crippen LogP contribution in [0.1, 0.15) is 17.2 Å². The molecule has 2 N–H and O–H groups in total. The lowest BCUT2D eigenvalue weighted by Crippen LogP contribution is -2.15. The number of benzene rings is 2. The molecule has 4 heteroatoms. The summed E-state index contributed by atoms with van der Waals surface area (Å²) in [6.45, 7) is 0.884. The third kappa shape index (κ3) is 4.05. The lowest BCUT2D eigenvalue weighted by molar-refractivity contribution is 0.0456. The van der Waals surface area contributed by atoms with E-state index in [1.54, 1.807) is 0 Å². The van der Waals surface area contributed by atoms with E-state index in [1.807, 2.05) is 48.5 Å². The number of halogens is 2. The maximum Gasteiger partial charge on any atom is 0.0952 e. The summed E-state index contributed by atoms with van der Waals surface area (Å²) < 4.78 is 6.89. The molecule has 19 heavy (non-hydrogen) atoms. The number of rotatable bonds is 5. The maximum absolute atomic E-state index is 6.10. The molecule has 0 saturated carbocycles. The Kier molecular flexibility index (Phi) is 5.40. The first kappa shape index (κ1) is 14.5. The Labute approximate surface area is 126 Å². The van der Waals surface area contributed by atoms with Crippen molar-refractivity contribution < 1.29 is 4.74 Å². The van der Waals surface area contributed by atoms with Crippen molar-refractivity contribution in [2.45, 2.75) is 12.7 Å². The highest BCUT2D eigenvalue weighted by Gasteiger charge is 2.11. The van der Waals surface area contributed by atoms with Crippen molar-refractivity contribution in [3.05, 3.63) is 69.2 Å². The fourth-order valence-electron chi connectivity index (χ4n) is 1.81. The van der Waals surface area contributed by atoms with Crippen LogP contribution in [-0.4, -0.2) is 6.54 Å². The quantitative estimate of drug-likeness (QED) is 0.880. The molecule has 2 aromatic rings. The molecule has 0 aromatic heterocycles. The molecule has 0 fully saturated rings. The number of nitrogens with two attached hydrogens (primary N) is 1. The summed E-state index contributed by atoms with van der Waals surface area (Å²) >= 11 is 9.55. The third-order valence-corrected chi connectivity index (χ3v) is 3.69. The van der Waals surface area contributed by atoms with Crippen molar-refractivity contribution in [1.82, 2.24) is 0 Å². The van der Waals surface area contributed by atoms with Crippen molar-refractivity contribution >= 4 is 27.5 Å². The minimum atomic E-state index is -0.131. The summed E-state index contributed by atoms with van der Waals surface area (Å²) in [5.41, 5.74) is 7.81. The first-order valence-corrected chi connectivity index (χ1v) is 7.18. The summed E-state index contributed by atoms with van der Waals surface area (Å²) in [4.78, 5) is 0. The number of ether oxygens (including phenoxy) is 1. The van der Waals surface area contributed by atoms with Gasteiger partial charge in [0.25, 0.3) is 0 Å². The first-order valence-electron chi connectivity index (χ1n) is 6.01. The van der Waals surface area contributed by atoms with Gasteiger partial charge in [0.05, 0.1) is 12.7 Å². The fraction of sp³-hybridized carbons (Fsp3) is 0.200. The molecule has 2 rings (SSSR count). The monoisotopic (exact) mass is 339 g/mol. The molecule has 0 bridgehead atoms. The van der Waals surface area contributed by atoms with Crippen LogP contribution in [0.15, 0.2) is 53.0 Å². The summed E-state index contributed by atoms with van der Waals surface area (Å²) in [5, 5.41) is 0.715. The maximum atomic E-state index is 6.10. The molecule has 0 saturated heterocycles. The second kappa shape index (κ2) is 7.06. The molecule has 0 aliphatic carbocycles. The van der Waals surface area contributed by atoms with Crippen molar-refractivity contribution in [3.8, 4) is 0 Å². The Morgan fingerprint density at radius 3 is 2.63 bits per heavy atom. The number of hydrogen-bond acceptors (Lipinski definition) is 2. The lowest BCUT2D eigenvalue weighted by Gasteiger charge is -2.17. The predicted octanol–water partition coefficient (Wildman–Crippen LogP) is 4.32. The summed E-state index contributed by atoms with van der Waals surface area (Å²) in [5.74, 6) is 0. The second-order valence-corrected chi connectivity index (χ2v) is 5.50. The zero-order valence-electron chi connectivity index (χ0n) is 10.4. The van der Waals surface area contributed by atoms with Crippen LogP contribution in [0.25, 0.3) is 0 Å². The van der Waals surface area contributed by atoms with E-state index in [0.29, 0.717) is 18.2 Å². The summed E-state index contributed by atoms with van der Waals surface area (Å²) in [6.07, 6.45) is -0.131. The molecular formula is C15H15BrClNO. The van der Waals surface area contributed by atoms with E-state index in [9.17, 15) is 0 Å². The molecule has 2 aromatic carbocycles. The van der Waals surface area contributed by atoms with Gasteiger partial charge in [-0.3, -0.25) is 0 Å². The van der Waals surface area contributed by atoms with E-state index in [1.165, 1.54) is 0 Å². The minimum Gasteiger partial charge on any atom is -0.367 e. The van der Waals surface area contributed by atoms with Gasteiger partial charge in [0, 0.05) is 16.0 Å². The smallest absolute Gasteiger partial charge is 0.0952 e. The van der Waals surface area contributed by atoms with E-state index < -0.39 is 0 Å². The minimum absolute atomic E-state index is 0.131. The van der Waals surface area contributed by atoms with Crippen LogP contribution in [0.2, 0.25) is 5.02 Å². The zero-order valence-corrected chi connectivity index (χ0v) is 12.7. The SMILES string of the molecule is NCC(OCc1ccccc1Cl)c1cccc(Br)c1. The zero-order chi connectivity index (χ0) is 13.7. The predicted molar refractivity (Wildman–Crippen MR) is 82.2 cm³/mol. The fourth-order valence-corrected chi connectivity index (χ4v) is 2.42. The average Bonchev–Trinajstić information content (AvgIpc) is 2.41. The Morgan fingerprint density at radius 1 is 1.16 bits per heavy atom. The van der Waals surface area contributed by atoms with Crippen LogP contribution in [0, 0.1) is 0 Å².